The summed E-state index contributed by atoms with van der Waals surface area (Å²) in [6.07, 6.45) is 0. The number of anilines is 1. The van der Waals surface area contributed by atoms with E-state index in [4.69, 9.17) is 4.74 Å². The van der Waals surface area contributed by atoms with Crippen molar-refractivity contribution in [3.8, 4) is 0 Å². The molecule has 0 unspecified atom stereocenters. The van der Waals surface area contributed by atoms with Crippen molar-refractivity contribution in [2.45, 2.75) is 19.4 Å². The van der Waals surface area contributed by atoms with E-state index in [2.05, 4.69) is 29.4 Å². The van der Waals surface area contributed by atoms with Gasteiger partial charge in [-0.2, -0.15) is 0 Å². The Bertz CT molecular complexity index is 527. The second kappa shape index (κ2) is 6.55. The topological polar surface area (TPSA) is 70.7 Å². The van der Waals surface area contributed by atoms with Gasteiger partial charge < -0.3 is 15.4 Å². The molecule has 0 aromatic carbocycles. The van der Waals surface area contributed by atoms with Gasteiger partial charge in [-0.05, 0) is 25.3 Å². The zero-order valence-corrected chi connectivity index (χ0v) is 13.4. The van der Waals surface area contributed by atoms with Gasteiger partial charge in [0.25, 0.3) is 0 Å². The molecule has 1 aromatic rings. The summed E-state index contributed by atoms with van der Waals surface area (Å²) in [4.78, 5) is 26.4. The molecule has 7 heteroatoms. The van der Waals surface area contributed by atoms with Crippen molar-refractivity contribution in [3.05, 3.63) is 16.3 Å². The Morgan fingerprint density at radius 1 is 1.52 bits per heavy atom. The summed E-state index contributed by atoms with van der Waals surface area (Å²) in [5, 5.41) is 7.88. The lowest BCUT2D eigenvalue weighted by Gasteiger charge is -2.42. The molecule has 0 aliphatic carbocycles. The highest BCUT2D eigenvalue weighted by Gasteiger charge is 2.31. The molecule has 2 rings (SSSR count). The molecule has 1 aromatic heterocycles. The fourth-order valence-corrected chi connectivity index (χ4v) is 3.10. The number of hydrogen-bond donors (Lipinski definition) is 2. The summed E-state index contributed by atoms with van der Waals surface area (Å²) < 4.78 is 4.70. The standard InChI is InChI=1S/C14H21N3O3S/c1-14(2)9-15-5-6-17(14)8-11(18)16-10-4-7-21-12(10)13(19)20-3/h4,7,15H,5-6,8-9H2,1-3H3,(H,16,18). The summed E-state index contributed by atoms with van der Waals surface area (Å²) in [5.41, 5.74) is 0.458. The minimum atomic E-state index is -0.428. The molecule has 1 fully saturated rings. The number of carbonyl (C=O) groups excluding carboxylic acids is 2. The number of amides is 1. The maximum absolute atomic E-state index is 12.2. The molecule has 6 nitrogen and oxygen atoms in total. The van der Waals surface area contributed by atoms with Crippen LogP contribution in [-0.2, 0) is 9.53 Å². The molecular weight excluding hydrogens is 290 g/mol. The summed E-state index contributed by atoms with van der Waals surface area (Å²) in [7, 11) is 1.33. The van der Waals surface area contributed by atoms with Crippen LogP contribution in [0.4, 0.5) is 5.69 Å². The third-order valence-electron chi connectivity index (χ3n) is 3.62. The van der Waals surface area contributed by atoms with Gasteiger partial charge in [0.2, 0.25) is 5.91 Å². The number of esters is 1. The average molecular weight is 311 g/mol. The van der Waals surface area contributed by atoms with Gasteiger partial charge in [-0.3, -0.25) is 9.69 Å². The highest BCUT2D eigenvalue weighted by Crippen LogP contribution is 2.23. The Morgan fingerprint density at radius 3 is 2.95 bits per heavy atom. The van der Waals surface area contributed by atoms with Crippen LogP contribution in [0, 0.1) is 0 Å². The summed E-state index contributed by atoms with van der Waals surface area (Å²) in [5.74, 6) is -0.545. The van der Waals surface area contributed by atoms with Crippen LogP contribution in [0.5, 0.6) is 0 Å². The van der Waals surface area contributed by atoms with Crippen LogP contribution in [0.3, 0.4) is 0 Å². The van der Waals surface area contributed by atoms with Crippen LogP contribution in [0.15, 0.2) is 11.4 Å². The molecular formula is C14H21N3O3S. The van der Waals surface area contributed by atoms with E-state index in [1.54, 1.807) is 11.4 Å². The largest absolute Gasteiger partial charge is 0.465 e. The minimum absolute atomic E-state index is 0.0601. The number of piperazine rings is 1. The lowest BCUT2D eigenvalue weighted by atomic mass is 10.0. The molecule has 1 saturated heterocycles. The number of nitrogens with zero attached hydrogens (tertiary/aromatic N) is 1. The maximum atomic E-state index is 12.2. The third-order valence-corrected chi connectivity index (χ3v) is 4.51. The van der Waals surface area contributed by atoms with E-state index in [1.165, 1.54) is 18.4 Å². The Balaban J connectivity index is 1.99. The molecule has 116 valence electrons. The predicted molar refractivity (Wildman–Crippen MR) is 82.8 cm³/mol. The molecule has 0 spiro atoms. The van der Waals surface area contributed by atoms with E-state index in [9.17, 15) is 9.59 Å². The third kappa shape index (κ3) is 3.81. The van der Waals surface area contributed by atoms with E-state index in [0.29, 0.717) is 17.1 Å². The van der Waals surface area contributed by atoms with Crippen LogP contribution in [0.25, 0.3) is 0 Å². The number of methoxy groups -OCH3 is 1. The zero-order chi connectivity index (χ0) is 15.5. The minimum Gasteiger partial charge on any atom is -0.465 e. The number of nitrogens with one attached hydrogen (secondary N) is 2. The molecule has 2 heterocycles. The van der Waals surface area contributed by atoms with Crippen LogP contribution in [-0.4, -0.2) is 55.6 Å². The normalized spacial score (nSPS) is 18.2. The average Bonchev–Trinajstić information content (AvgIpc) is 2.88. The van der Waals surface area contributed by atoms with Crippen LogP contribution >= 0.6 is 11.3 Å². The Labute approximate surface area is 128 Å². The van der Waals surface area contributed by atoms with Crippen LogP contribution in [0.1, 0.15) is 23.5 Å². The molecule has 0 saturated carbocycles. The molecule has 21 heavy (non-hydrogen) atoms. The van der Waals surface area contributed by atoms with Crippen molar-refractivity contribution in [3.63, 3.8) is 0 Å². The Kier molecular flexibility index (Phi) is 4.97. The van der Waals surface area contributed by atoms with Gasteiger partial charge in [0.1, 0.15) is 4.88 Å². The molecule has 1 aliphatic heterocycles. The number of carbonyl (C=O) groups is 2. The van der Waals surface area contributed by atoms with Crippen molar-refractivity contribution < 1.29 is 14.3 Å². The summed E-state index contributed by atoms with van der Waals surface area (Å²) in [6, 6.07) is 1.72. The van der Waals surface area contributed by atoms with Gasteiger partial charge in [0.15, 0.2) is 0 Å². The van der Waals surface area contributed by atoms with Crippen molar-refractivity contribution in [2.75, 3.05) is 38.6 Å². The summed E-state index contributed by atoms with van der Waals surface area (Å²) in [6.45, 7) is 7.08. The zero-order valence-electron chi connectivity index (χ0n) is 12.6. The van der Waals surface area contributed by atoms with E-state index in [1.807, 2.05) is 0 Å². The first-order valence-corrected chi connectivity index (χ1v) is 7.73. The Morgan fingerprint density at radius 2 is 2.29 bits per heavy atom. The van der Waals surface area contributed by atoms with Crippen molar-refractivity contribution in [1.29, 1.82) is 0 Å². The molecule has 0 bridgehead atoms. The predicted octanol–water partition coefficient (Wildman–Crippen LogP) is 1.16. The SMILES string of the molecule is COC(=O)c1sccc1NC(=O)CN1CCNCC1(C)C. The quantitative estimate of drug-likeness (QED) is 0.817. The highest BCUT2D eigenvalue weighted by molar-refractivity contribution is 7.12. The first-order valence-electron chi connectivity index (χ1n) is 6.85. The lowest BCUT2D eigenvalue weighted by molar-refractivity contribution is -0.119. The number of thiophene rings is 1. The van der Waals surface area contributed by atoms with Crippen LogP contribution in [0.2, 0.25) is 0 Å². The fourth-order valence-electron chi connectivity index (χ4n) is 2.34. The Hall–Kier alpha value is -1.44. The molecule has 2 N–H and O–H groups in total. The van der Waals surface area contributed by atoms with Crippen molar-refractivity contribution >= 4 is 28.9 Å². The van der Waals surface area contributed by atoms with Crippen molar-refractivity contribution in [1.82, 2.24) is 10.2 Å². The van der Waals surface area contributed by atoms with E-state index in [0.717, 1.165) is 19.6 Å². The maximum Gasteiger partial charge on any atom is 0.350 e. The van der Waals surface area contributed by atoms with Crippen molar-refractivity contribution in [2.24, 2.45) is 0 Å². The van der Waals surface area contributed by atoms with Crippen LogP contribution < -0.4 is 10.6 Å². The summed E-state index contributed by atoms with van der Waals surface area (Å²) >= 11 is 1.26. The van der Waals surface area contributed by atoms with E-state index in [-0.39, 0.29) is 11.4 Å². The first-order chi connectivity index (χ1) is 9.94. The highest BCUT2D eigenvalue weighted by atomic mass is 32.1. The van der Waals surface area contributed by atoms with Gasteiger partial charge in [0.05, 0.1) is 19.3 Å². The number of ether oxygens (including phenoxy) is 1. The molecule has 0 atom stereocenters. The first kappa shape index (κ1) is 15.9. The van der Waals surface area contributed by atoms with E-state index < -0.39 is 5.97 Å². The molecule has 1 amide bonds. The van der Waals surface area contributed by atoms with Gasteiger partial charge in [-0.15, -0.1) is 11.3 Å². The smallest absolute Gasteiger partial charge is 0.350 e. The second-order valence-corrected chi connectivity index (χ2v) is 6.53. The second-order valence-electron chi connectivity index (χ2n) is 5.61. The van der Waals surface area contributed by atoms with Gasteiger partial charge in [0, 0.05) is 25.2 Å². The number of hydrogen-bond acceptors (Lipinski definition) is 6. The lowest BCUT2D eigenvalue weighted by Crippen LogP contribution is -2.59. The monoisotopic (exact) mass is 311 g/mol. The van der Waals surface area contributed by atoms with Gasteiger partial charge >= 0.3 is 5.97 Å². The van der Waals surface area contributed by atoms with Gasteiger partial charge in [-0.1, -0.05) is 0 Å². The number of rotatable bonds is 4. The molecule has 1 aliphatic rings. The molecule has 0 radical (unpaired) electrons. The fraction of sp³-hybridized carbons (Fsp3) is 0.571. The van der Waals surface area contributed by atoms with Gasteiger partial charge in [-0.25, -0.2) is 4.79 Å². The van der Waals surface area contributed by atoms with E-state index >= 15 is 0 Å².